The zero-order chi connectivity index (χ0) is 14.7. The van der Waals surface area contributed by atoms with Crippen LogP contribution >= 0.6 is 0 Å². The van der Waals surface area contributed by atoms with Crippen LogP contribution in [0.25, 0.3) is 0 Å². The highest BCUT2D eigenvalue weighted by Crippen LogP contribution is 2.45. The van der Waals surface area contributed by atoms with Crippen LogP contribution in [0.2, 0.25) is 0 Å². The fourth-order valence-corrected chi connectivity index (χ4v) is 3.06. The molecule has 1 aliphatic rings. The average Bonchev–Trinajstić information content (AvgIpc) is 2.46. The van der Waals surface area contributed by atoms with E-state index in [-0.39, 0.29) is 17.6 Å². The van der Waals surface area contributed by atoms with E-state index in [2.05, 4.69) is 13.0 Å². The Kier molecular flexibility index (Phi) is 4.48. The van der Waals surface area contributed by atoms with Crippen LogP contribution in [-0.2, 0) is 4.79 Å². The molecule has 0 N–H and O–H groups in total. The minimum Gasteiger partial charge on any atom is -0.496 e. The van der Waals surface area contributed by atoms with Gasteiger partial charge >= 0.3 is 0 Å². The first kappa shape index (κ1) is 14.6. The van der Waals surface area contributed by atoms with E-state index in [1.807, 2.05) is 18.2 Å². The van der Waals surface area contributed by atoms with Crippen molar-refractivity contribution >= 4 is 5.78 Å². The summed E-state index contributed by atoms with van der Waals surface area (Å²) in [7, 11) is 3.32. The third kappa shape index (κ3) is 2.72. The third-order valence-electron chi connectivity index (χ3n) is 4.11. The smallest absolute Gasteiger partial charge is 0.133 e. The van der Waals surface area contributed by atoms with Crippen molar-refractivity contribution in [3.05, 3.63) is 35.4 Å². The van der Waals surface area contributed by atoms with Crippen molar-refractivity contribution in [2.45, 2.75) is 32.6 Å². The highest BCUT2D eigenvalue weighted by atomic mass is 16.5. The standard InChI is InChI=1S/C17H22O3/c1-11-8-9-13(14(10-11)12(2)18)17-15(19-3)6-5-7-16(17)20-4/h5-8,13-14H,9-10H2,1-4H3/t13-,14+/m1/s1. The van der Waals surface area contributed by atoms with Crippen LogP contribution in [-0.4, -0.2) is 20.0 Å². The quantitative estimate of drug-likeness (QED) is 0.785. The Balaban J connectivity index is 2.51. The maximum atomic E-state index is 12.0. The number of hydrogen-bond acceptors (Lipinski definition) is 3. The van der Waals surface area contributed by atoms with Gasteiger partial charge in [0.05, 0.1) is 14.2 Å². The largest absolute Gasteiger partial charge is 0.496 e. The van der Waals surface area contributed by atoms with E-state index >= 15 is 0 Å². The number of methoxy groups -OCH3 is 2. The van der Waals surface area contributed by atoms with Gasteiger partial charge in [0.1, 0.15) is 17.3 Å². The topological polar surface area (TPSA) is 35.5 Å². The van der Waals surface area contributed by atoms with Gasteiger partial charge in [0.25, 0.3) is 0 Å². The second-order valence-corrected chi connectivity index (χ2v) is 5.39. The van der Waals surface area contributed by atoms with Crippen LogP contribution in [0.3, 0.4) is 0 Å². The first-order valence-corrected chi connectivity index (χ1v) is 6.95. The number of allylic oxidation sites excluding steroid dienone is 2. The Morgan fingerprint density at radius 3 is 2.30 bits per heavy atom. The fourth-order valence-electron chi connectivity index (χ4n) is 3.06. The molecule has 0 amide bonds. The predicted molar refractivity (Wildman–Crippen MR) is 79.4 cm³/mol. The Hall–Kier alpha value is -1.77. The van der Waals surface area contributed by atoms with Crippen molar-refractivity contribution in [2.24, 2.45) is 5.92 Å². The monoisotopic (exact) mass is 274 g/mol. The summed E-state index contributed by atoms with van der Waals surface area (Å²) in [4.78, 5) is 12.0. The summed E-state index contributed by atoms with van der Waals surface area (Å²) in [5.74, 6) is 1.96. The number of rotatable bonds is 4. The Morgan fingerprint density at radius 1 is 1.20 bits per heavy atom. The van der Waals surface area contributed by atoms with Crippen LogP contribution in [0.5, 0.6) is 11.5 Å². The minimum absolute atomic E-state index is 0.00481. The number of carbonyl (C=O) groups is 1. The number of ketones is 1. The van der Waals surface area contributed by atoms with Crippen LogP contribution < -0.4 is 9.47 Å². The highest BCUT2D eigenvalue weighted by molar-refractivity contribution is 5.80. The van der Waals surface area contributed by atoms with Gasteiger partial charge in [-0.1, -0.05) is 17.7 Å². The first-order valence-electron chi connectivity index (χ1n) is 6.95. The van der Waals surface area contributed by atoms with Gasteiger partial charge in [-0.05, 0) is 38.8 Å². The molecule has 1 aromatic rings. The molecule has 3 heteroatoms. The Morgan fingerprint density at radius 2 is 1.80 bits per heavy atom. The summed E-state index contributed by atoms with van der Waals surface area (Å²) in [5.41, 5.74) is 2.30. The van der Waals surface area contributed by atoms with Crippen LogP contribution in [0.1, 0.15) is 38.2 Å². The molecule has 3 nitrogen and oxygen atoms in total. The molecule has 0 heterocycles. The van der Waals surface area contributed by atoms with E-state index in [1.54, 1.807) is 21.1 Å². The Labute approximate surface area is 120 Å². The van der Waals surface area contributed by atoms with E-state index < -0.39 is 0 Å². The molecular formula is C17H22O3. The lowest BCUT2D eigenvalue weighted by molar-refractivity contribution is -0.121. The minimum atomic E-state index is 0.00481. The lowest BCUT2D eigenvalue weighted by atomic mass is 9.74. The maximum Gasteiger partial charge on any atom is 0.133 e. The van der Waals surface area contributed by atoms with Crippen LogP contribution in [0.4, 0.5) is 0 Å². The summed E-state index contributed by atoms with van der Waals surface area (Å²) in [6.45, 7) is 3.77. The van der Waals surface area contributed by atoms with Gasteiger partial charge < -0.3 is 9.47 Å². The van der Waals surface area contributed by atoms with Gasteiger partial charge in [0.15, 0.2) is 0 Å². The van der Waals surface area contributed by atoms with Crippen LogP contribution in [0.15, 0.2) is 29.8 Å². The average molecular weight is 274 g/mol. The van der Waals surface area contributed by atoms with Crippen molar-refractivity contribution in [2.75, 3.05) is 14.2 Å². The SMILES string of the molecule is COc1cccc(OC)c1[C@@H]1CC=C(C)C[C@H]1C(C)=O. The second-order valence-electron chi connectivity index (χ2n) is 5.39. The highest BCUT2D eigenvalue weighted by Gasteiger charge is 2.33. The van der Waals surface area contributed by atoms with Gasteiger partial charge in [-0.25, -0.2) is 0 Å². The number of ether oxygens (including phenoxy) is 2. The predicted octanol–water partition coefficient (Wildman–Crippen LogP) is 3.73. The molecule has 0 aliphatic heterocycles. The van der Waals surface area contributed by atoms with Crippen molar-refractivity contribution < 1.29 is 14.3 Å². The van der Waals surface area contributed by atoms with E-state index in [9.17, 15) is 4.79 Å². The number of carbonyl (C=O) groups excluding carboxylic acids is 1. The molecular weight excluding hydrogens is 252 g/mol. The Bertz CT molecular complexity index is 509. The molecule has 0 saturated carbocycles. The van der Waals surface area contributed by atoms with Crippen molar-refractivity contribution in [3.8, 4) is 11.5 Å². The molecule has 0 saturated heterocycles. The normalized spacial score (nSPS) is 22.1. The second kappa shape index (κ2) is 6.12. The summed E-state index contributed by atoms with van der Waals surface area (Å²) < 4.78 is 11.0. The van der Waals surface area contributed by atoms with E-state index in [0.29, 0.717) is 0 Å². The van der Waals surface area contributed by atoms with Gasteiger partial charge in [-0.15, -0.1) is 0 Å². The molecule has 108 valence electrons. The zero-order valence-electron chi connectivity index (χ0n) is 12.6. The van der Waals surface area contributed by atoms with Crippen molar-refractivity contribution in [1.29, 1.82) is 0 Å². The summed E-state index contributed by atoms with van der Waals surface area (Å²) in [5, 5.41) is 0. The van der Waals surface area contributed by atoms with Gasteiger partial charge in [-0.2, -0.15) is 0 Å². The zero-order valence-corrected chi connectivity index (χ0v) is 12.6. The molecule has 0 bridgehead atoms. The molecule has 0 aromatic heterocycles. The molecule has 20 heavy (non-hydrogen) atoms. The van der Waals surface area contributed by atoms with Crippen molar-refractivity contribution in [1.82, 2.24) is 0 Å². The van der Waals surface area contributed by atoms with Gasteiger partial charge in [0.2, 0.25) is 0 Å². The molecule has 0 unspecified atom stereocenters. The molecule has 0 radical (unpaired) electrons. The molecule has 2 atom stereocenters. The molecule has 0 fully saturated rings. The molecule has 2 rings (SSSR count). The first-order chi connectivity index (χ1) is 9.58. The summed E-state index contributed by atoms with van der Waals surface area (Å²) in [6, 6.07) is 5.77. The summed E-state index contributed by atoms with van der Waals surface area (Å²) in [6.07, 6.45) is 3.89. The fraction of sp³-hybridized carbons (Fsp3) is 0.471. The molecule has 1 aliphatic carbocycles. The molecule has 1 aromatic carbocycles. The van der Waals surface area contributed by atoms with Crippen LogP contribution in [0, 0.1) is 5.92 Å². The molecule has 0 spiro atoms. The third-order valence-corrected chi connectivity index (χ3v) is 4.11. The van der Waals surface area contributed by atoms with E-state index in [4.69, 9.17) is 9.47 Å². The number of hydrogen-bond donors (Lipinski definition) is 0. The number of Topliss-reactive ketones (excluding diaryl/α,β-unsaturated/α-hetero) is 1. The van der Waals surface area contributed by atoms with Gasteiger partial charge in [0, 0.05) is 17.4 Å². The summed E-state index contributed by atoms with van der Waals surface area (Å²) >= 11 is 0. The maximum absolute atomic E-state index is 12.0. The lowest BCUT2D eigenvalue weighted by Crippen LogP contribution is -2.24. The lowest BCUT2D eigenvalue weighted by Gasteiger charge is -2.31. The van der Waals surface area contributed by atoms with Gasteiger partial charge in [-0.3, -0.25) is 4.79 Å². The van der Waals surface area contributed by atoms with E-state index in [0.717, 1.165) is 29.9 Å². The van der Waals surface area contributed by atoms with Crippen molar-refractivity contribution in [3.63, 3.8) is 0 Å². The van der Waals surface area contributed by atoms with E-state index in [1.165, 1.54) is 5.57 Å². The number of benzene rings is 1.